The number of nitrogens with zero attached hydrogens (tertiary/aromatic N) is 3. The third kappa shape index (κ3) is 4.62. The van der Waals surface area contributed by atoms with E-state index in [2.05, 4.69) is 10.3 Å². The molecule has 0 saturated carbocycles. The van der Waals surface area contributed by atoms with Gasteiger partial charge in [-0.1, -0.05) is 30.3 Å². The van der Waals surface area contributed by atoms with Crippen molar-refractivity contribution in [1.82, 2.24) is 20.2 Å². The zero-order valence-electron chi connectivity index (χ0n) is 20.5. The second-order valence-electron chi connectivity index (χ2n) is 8.65. The molecule has 1 aliphatic heterocycles. The molecule has 2 aromatic carbocycles. The zero-order valence-corrected chi connectivity index (χ0v) is 20.5. The van der Waals surface area contributed by atoms with Crippen LogP contribution < -0.4 is 19.5 Å². The number of methoxy groups -OCH3 is 2. The maximum absolute atomic E-state index is 12.7. The number of hydrogen-bond donors (Lipinski definition) is 1. The summed E-state index contributed by atoms with van der Waals surface area (Å²) in [4.78, 5) is 23.8. The first-order chi connectivity index (χ1) is 17.6. The summed E-state index contributed by atoms with van der Waals surface area (Å²) in [7, 11) is 3.20. The highest BCUT2D eigenvalue weighted by molar-refractivity contribution is 5.87. The molecule has 1 saturated heterocycles. The van der Waals surface area contributed by atoms with E-state index in [1.54, 1.807) is 20.4 Å². The molecule has 8 nitrogen and oxygen atoms in total. The zero-order chi connectivity index (χ0) is 25.1. The normalized spacial score (nSPS) is 16.0. The van der Waals surface area contributed by atoms with Gasteiger partial charge in [-0.3, -0.25) is 4.98 Å². The van der Waals surface area contributed by atoms with Gasteiger partial charge in [-0.15, -0.1) is 0 Å². The van der Waals surface area contributed by atoms with E-state index < -0.39 is 0 Å². The summed E-state index contributed by atoms with van der Waals surface area (Å²) in [5, 5.41) is 3.84. The number of urea groups is 1. The lowest BCUT2D eigenvalue weighted by Crippen LogP contribution is -2.32. The van der Waals surface area contributed by atoms with E-state index in [0.717, 1.165) is 22.0 Å². The van der Waals surface area contributed by atoms with Crippen LogP contribution in [0.2, 0.25) is 0 Å². The Balaban J connectivity index is 1.37. The van der Waals surface area contributed by atoms with Crippen LogP contribution in [0.5, 0.6) is 17.4 Å². The molecule has 1 fully saturated rings. The second-order valence-corrected chi connectivity index (χ2v) is 8.65. The molecule has 8 heteroatoms. The molecule has 0 bridgehead atoms. The number of carbonyl (C=O) groups is 1. The molecule has 0 spiro atoms. The van der Waals surface area contributed by atoms with Gasteiger partial charge in [0, 0.05) is 18.3 Å². The molecule has 2 atom stereocenters. The fourth-order valence-corrected chi connectivity index (χ4v) is 4.44. The highest BCUT2D eigenvalue weighted by Gasteiger charge is 2.33. The summed E-state index contributed by atoms with van der Waals surface area (Å²) in [6.07, 6.45) is 1.74. The van der Waals surface area contributed by atoms with Gasteiger partial charge in [0.1, 0.15) is 6.61 Å². The maximum atomic E-state index is 12.7. The Hall–Kier alpha value is -4.33. The van der Waals surface area contributed by atoms with E-state index in [1.807, 2.05) is 78.6 Å². The number of benzene rings is 2. The van der Waals surface area contributed by atoms with E-state index in [1.165, 1.54) is 0 Å². The van der Waals surface area contributed by atoms with Crippen LogP contribution in [-0.2, 0) is 0 Å². The molecule has 184 valence electrons. The lowest BCUT2D eigenvalue weighted by molar-refractivity contribution is 0.201. The first kappa shape index (κ1) is 23.4. The van der Waals surface area contributed by atoms with Gasteiger partial charge in [-0.25, -0.2) is 9.78 Å². The fourth-order valence-electron chi connectivity index (χ4n) is 4.44. The monoisotopic (exact) mass is 484 g/mol. The topological polar surface area (TPSA) is 85.8 Å². The van der Waals surface area contributed by atoms with E-state index in [4.69, 9.17) is 19.2 Å². The number of fused-ring (bicyclic) bond motifs is 1. The number of rotatable bonds is 8. The van der Waals surface area contributed by atoms with Crippen LogP contribution in [0.3, 0.4) is 0 Å². The largest absolute Gasteiger partial charge is 0.493 e. The maximum Gasteiger partial charge on any atom is 0.318 e. The van der Waals surface area contributed by atoms with Gasteiger partial charge < -0.3 is 24.4 Å². The molecule has 3 heterocycles. The molecule has 1 unspecified atom stereocenters. The summed E-state index contributed by atoms with van der Waals surface area (Å²) in [5.74, 6) is 1.72. The predicted molar refractivity (Wildman–Crippen MR) is 137 cm³/mol. The van der Waals surface area contributed by atoms with Gasteiger partial charge in [0.15, 0.2) is 11.5 Å². The number of pyridine rings is 2. The molecule has 1 N–H and O–H groups in total. The Labute approximate surface area is 209 Å². The van der Waals surface area contributed by atoms with Crippen molar-refractivity contribution in [2.75, 3.05) is 27.4 Å². The molecule has 0 radical (unpaired) electrons. The van der Waals surface area contributed by atoms with Crippen LogP contribution in [0.25, 0.3) is 22.2 Å². The molecule has 2 amide bonds. The third-order valence-corrected chi connectivity index (χ3v) is 6.42. The quantitative estimate of drug-likeness (QED) is 0.385. The van der Waals surface area contributed by atoms with Crippen molar-refractivity contribution >= 4 is 16.9 Å². The van der Waals surface area contributed by atoms with Crippen molar-refractivity contribution in [2.45, 2.75) is 19.0 Å². The standard InChI is InChI=1S/C28H28N4O4/c1-18(19-8-5-4-6-9-19)32-16-21(30-28(32)33)17-36-27-22-10-7-13-29-24(22)15-23(31-27)20-11-12-25(34-2)26(14-20)35-3/h4-15,18,21H,16-17H2,1-3H3,(H,30,33)/t18-,21?/m1/s1. The van der Waals surface area contributed by atoms with Gasteiger partial charge >= 0.3 is 6.03 Å². The number of hydrogen-bond acceptors (Lipinski definition) is 6. The van der Waals surface area contributed by atoms with Gasteiger partial charge in [-0.05, 0) is 48.9 Å². The average Bonchev–Trinajstić information content (AvgIpc) is 3.31. The summed E-state index contributed by atoms with van der Waals surface area (Å²) in [6.45, 7) is 2.86. The summed E-state index contributed by atoms with van der Waals surface area (Å²) >= 11 is 0. The van der Waals surface area contributed by atoms with Crippen molar-refractivity contribution in [3.63, 3.8) is 0 Å². The van der Waals surface area contributed by atoms with Crippen molar-refractivity contribution in [1.29, 1.82) is 0 Å². The Morgan fingerprint density at radius 3 is 2.61 bits per heavy atom. The highest BCUT2D eigenvalue weighted by Crippen LogP contribution is 2.34. The van der Waals surface area contributed by atoms with E-state index in [9.17, 15) is 4.79 Å². The fraction of sp³-hybridized carbons (Fsp3) is 0.250. The molecule has 36 heavy (non-hydrogen) atoms. The SMILES string of the molecule is COc1ccc(-c2cc3ncccc3c(OCC3CN([C@H](C)c4ccccc4)C(=O)N3)n2)cc1OC. The Morgan fingerprint density at radius 2 is 1.83 bits per heavy atom. The van der Waals surface area contributed by atoms with Crippen molar-refractivity contribution in [3.05, 3.63) is 78.5 Å². The number of amides is 2. The molecule has 4 aromatic rings. The summed E-state index contributed by atoms with van der Waals surface area (Å²) < 4.78 is 17.0. The Bertz CT molecular complexity index is 1380. The summed E-state index contributed by atoms with van der Waals surface area (Å²) in [6, 6.07) is 21.0. The number of carbonyl (C=O) groups excluding carboxylic acids is 1. The number of ether oxygens (including phenoxy) is 3. The van der Waals surface area contributed by atoms with Crippen molar-refractivity contribution in [3.8, 4) is 28.6 Å². The Morgan fingerprint density at radius 1 is 1.03 bits per heavy atom. The molecule has 5 rings (SSSR count). The van der Waals surface area contributed by atoms with Gasteiger partial charge in [0.25, 0.3) is 0 Å². The molecular weight excluding hydrogens is 456 g/mol. The second kappa shape index (κ2) is 10.1. The molecular formula is C28H28N4O4. The van der Waals surface area contributed by atoms with E-state index >= 15 is 0 Å². The summed E-state index contributed by atoms with van der Waals surface area (Å²) in [5.41, 5.74) is 3.41. The minimum Gasteiger partial charge on any atom is -0.493 e. The Kier molecular flexibility index (Phi) is 6.58. The van der Waals surface area contributed by atoms with Crippen molar-refractivity contribution < 1.29 is 19.0 Å². The predicted octanol–water partition coefficient (Wildman–Crippen LogP) is 4.85. The van der Waals surface area contributed by atoms with E-state index in [0.29, 0.717) is 29.6 Å². The van der Waals surface area contributed by atoms with Crippen molar-refractivity contribution in [2.24, 2.45) is 0 Å². The van der Waals surface area contributed by atoms with Gasteiger partial charge in [0.05, 0.1) is 42.9 Å². The minimum atomic E-state index is -0.165. The smallest absolute Gasteiger partial charge is 0.318 e. The molecule has 0 aliphatic carbocycles. The average molecular weight is 485 g/mol. The first-order valence-electron chi connectivity index (χ1n) is 11.8. The number of aromatic nitrogens is 2. The van der Waals surface area contributed by atoms with Crippen LogP contribution >= 0.6 is 0 Å². The van der Waals surface area contributed by atoms with Crippen LogP contribution in [-0.4, -0.2) is 54.3 Å². The van der Waals surface area contributed by atoms with E-state index in [-0.39, 0.29) is 24.7 Å². The van der Waals surface area contributed by atoms with Gasteiger partial charge in [0.2, 0.25) is 5.88 Å². The lowest BCUT2D eigenvalue weighted by Gasteiger charge is -2.23. The van der Waals surface area contributed by atoms with Crippen LogP contribution in [0.15, 0.2) is 72.9 Å². The lowest BCUT2D eigenvalue weighted by atomic mass is 10.1. The van der Waals surface area contributed by atoms with Crippen LogP contribution in [0.4, 0.5) is 4.79 Å². The van der Waals surface area contributed by atoms with Crippen LogP contribution in [0.1, 0.15) is 18.5 Å². The van der Waals surface area contributed by atoms with Crippen LogP contribution in [0, 0.1) is 0 Å². The molecule has 2 aromatic heterocycles. The first-order valence-corrected chi connectivity index (χ1v) is 11.8. The highest BCUT2D eigenvalue weighted by atomic mass is 16.5. The van der Waals surface area contributed by atoms with Gasteiger partial charge in [-0.2, -0.15) is 0 Å². The third-order valence-electron chi connectivity index (χ3n) is 6.42. The minimum absolute atomic E-state index is 0.0345. The molecule has 1 aliphatic rings. The number of nitrogens with one attached hydrogen (secondary N) is 1.